The van der Waals surface area contributed by atoms with E-state index in [1.54, 1.807) is 38.0 Å². The van der Waals surface area contributed by atoms with Crippen molar-refractivity contribution in [1.82, 2.24) is 4.90 Å². The number of nitrogens with zero attached hydrogens (tertiary/aromatic N) is 2. The predicted octanol–water partition coefficient (Wildman–Crippen LogP) is 5.69. The number of hydrogen-bond donors (Lipinski definition) is 0. The van der Waals surface area contributed by atoms with Crippen LogP contribution in [-0.2, 0) is 4.79 Å². The Kier molecular flexibility index (Phi) is 10.4. The number of fused-ring (bicyclic) bond motifs is 1. The van der Waals surface area contributed by atoms with E-state index in [0.717, 1.165) is 42.1 Å². The van der Waals surface area contributed by atoms with E-state index in [1.807, 2.05) is 67.7 Å². The van der Waals surface area contributed by atoms with Crippen LogP contribution in [0.5, 0.6) is 28.7 Å². The van der Waals surface area contributed by atoms with Crippen LogP contribution in [-0.4, -0.2) is 72.5 Å². The van der Waals surface area contributed by atoms with Crippen LogP contribution in [0.25, 0.3) is 0 Å². The third-order valence-electron chi connectivity index (χ3n) is 6.82. The quantitative estimate of drug-likeness (QED) is 0.231. The molecule has 1 aliphatic heterocycles. The van der Waals surface area contributed by atoms with Gasteiger partial charge in [0.05, 0.1) is 33.6 Å². The average Bonchev–Trinajstić information content (AvgIpc) is 2.98. The molecule has 214 valence electrons. The van der Waals surface area contributed by atoms with Crippen molar-refractivity contribution in [2.45, 2.75) is 23.0 Å². The van der Waals surface area contributed by atoms with Crippen molar-refractivity contribution in [2.75, 3.05) is 66.6 Å². The summed E-state index contributed by atoms with van der Waals surface area (Å²) in [4.78, 5) is 18.3. The number of ether oxygens (including phenoxy) is 5. The van der Waals surface area contributed by atoms with Crippen molar-refractivity contribution in [3.8, 4) is 28.7 Å². The van der Waals surface area contributed by atoms with Gasteiger partial charge in [-0.15, -0.1) is 11.8 Å². The summed E-state index contributed by atoms with van der Waals surface area (Å²) in [6.45, 7) is 2.74. The fourth-order valence-corrected chi connectivity index (χ4v) is 5.84. The summed E-state index contributed by atoms with van der Waals surface area (Å²) in [6, 6.07) is 19.2. The van der Waals surface area contributed by atoms with E-state index < -0.39 is 5.25 Å². The van der Waals surface area contributed by atoms with Gasteiger partial charge in [-0.25, -0.2) is 0 Å². The first-order valence-electron chi connectivity index (χ1n) is 13.3. The Labute approximate surface area is 241 Å². The molecule has 1 atom stereocenters. The predicted molar refractivity (Wildman–Crippen MR) is 159 cm³/mol. The van der Waals surface area contributed by atoms with Crippen molar-refractivity contribution >= 4 is 23.4 Å². The SMILES string of the molecule is COc1ccc(OCCCCN(C)CCOc2c(OC)cccc2OC)c(C2Sc3ccccc3N(C)C2=O)c1. The fourth-order valence-electron chi connectivity index (χ4n) is 4.53. The van der Waals surface area contributed by atoms with Crippen molar-refractivity contribution in [3.05, 3.63) is 66.2 Å². The lowest BCUT2D eigenvalue weighted by molar-refractivity contribution is -0.118. The monoisotopic (exact) mass is 566 g/mol. The van der Waals surface area contributed by atoms with Crippen LogP contribution in [0.4, 0.5) is 5.69 Å². The van der Waals surface area contributed by atoms with Gasteiger partial charge >= 0.3 is 0 Å². The Hall–Kier alpha value is -3.56. The summed E-state index contributed by atoms with van der Waals surface area (Å²) in [5.41, 5.74) is 1.76. The first kappa shape index (κ1) is 29.4. The van der Waals surface area contributed by atoms with Crippen LogP contribution in [0.15, 0.2) is 65.6 Å². The van der Waals surface area contributed by atoms with Crippen LogP contribution >= 0.6 is 11.8 Å². The molecule has 0 aliphatic carbocycles. The summed E-state index contributed by atoms with van der Waals surface area (Å²) in [7, 11) is 8.77. The van der Waals surface area contributed by atoms with E-state index in [9.17, 15) is 4.79 Å². The Balaban J connectivity index is 1.28. The van der Waals surface area contributed by atoms with E-state index >= 15 is 0 Å². The summed E-state index contributed by atoms with van der Waals surface area (Å²) < 4.78 is 28.5. The second-order valence-corrected chi connectivity index (χ2v) is 10.6. The maximum absolute atomic E-state index is 13.3. The van der Waals surface area contributed by atoms with Gasteiger partial charge in [0.2, 0.25) is 11.7 Å². The van der Waals surface area contributed by atoms with Crippen LogP contribution < -0.4 is 28.6 Å². The summed E-state index contributed by atoms with van der Waals surface area (Å²) >= 11 is 1.55. The van der Waals surface area contributed by atoms with E-state index in [-0.39, 0.29) is 5.91 Å². The Morgan fingerprint density at radius 2 is 1.57 bits per heavy atom. The minimum absolute atomic E-state index is 0.0244. The van der Waals surface area contributed by atoms with Gasteiger partial charge in [0, 0.05) is 24.1 Å². The second-order valence-electron chi connectivity index (χ2n) is 9.47. The van der Waals surface area contributed by atoms with Crippen molar-refractivity contribution in [3.63, 3.8) is 0 Å². The third kappa shape index (κ3) is 6.95. The number of rotatable bonds is 14. The summed E-state index contributed by atoms with van der Waals surface area (Å²) in [5.74, 6) is 3.37. The molecule has 1 heterocycles. The molecule has 0 aromatic heterocycles. The number of amides is 1. The van der Waals surface area contributed by atoms with Gasteiger partial charge in [-0.1, -0.05) is 18.2 Å². The number of methoxy groups -OCH3 is 3. The molecule has 0 bridgehead atoms. The Morgan fingerprint density at radius 1 is 0.825 bits per heavy atom. The largest absolute Gasteiger partial charge is 0.497 e. The molecule has 0 N–H and O–H groups in total. The van der Waals surface area contributed by atoms with Crippen LogP contribution in [0, 0.1) is 0 Å². The van der Waals surface area contributed by atoms with Gasteiger partial charge in [0.1, 0.15) is 23.4 Å². The van der Waals surface area contributed by atoms with Gasteiger partial charge < -0.3 is 33.5 Å². The molecule has 1 amide bonds. The number of hydrogen-bond acceptors (Lipinski definition) is 8. The van der Waals surface area contributed by atoms with Crippen molar-refractivity contribution in [2.24, 2.45) is 0 Å². The maximum atomic E-state index is 13.3. The highest BCUT2D eigenvalue weighted by molar-refractivity contribution is 8.00. The van der Waals surface area contributed by atoms with Crippen molar-refractivity contribution in [1.29, 1.82) is 0 Å². The van der Waals surface area contributed by atoms with E-state index in [2.05, 4.69) is 11.9 Å². The maximum Gasteiger partial charge on any atom is 0.244 e. The molecule has 3 aromatic rings. The molecule has 0 saturated heterocycles. The molecular formula is C31H38N2O6S. The first-order valence-corrected chi connectivity index (χ1v) is 14.2. The Morgan fingerprint density at radius 3 is 2.30 bits per heavy atom. The van der Waals surface area contributed by atoms with Crippen LogP contribution in [0.1, 0.15) is 23.7 Å². The topological polar surface area (TPSA) is 69.7 Å². The smallest absolute Gasteiger partial charge is 0.244 e. The molecule has 0 radical (unpaired) electrons. The van der Waals surface area contributed by atoms with Gasteiger partial charge in [0.15, 0.2) is 11.5 Å². The Bertz CT molecular complexity index is 1260. The lowest BCUT2D eigenvalue weighted by Crippen LogP contribution is -2.33. The minimum Gasteiger partial charge on any atom is -0.497 e. The normalized spacial score (nSPS) is 14.6. The molecule has 0 saturated carbocycles. The molecule has 1 aliphatic rings. The van der Waals surface area contributed by atoms with Gasteiger partial charge in [-0.3, -0.25) is 4.79 Å². The van der Waals surface area contributed by atoms with Crippen LogP contribution in [0.3, 0.4) is 0 Å². The van der Waals surface area contributed by atoms with Gasteiger partial charge in [0.25, 0.3) is 0 Å². The number of thioether (sulfide) groups is 1. The van der Waals surface area contributed by atoms with Gasteiger partial charge in [-0.05, 0) is 68.9 Å². The van der Waals surface area contributed by atoms with Crippen molar-refractivity contribution < 1.29 is 28.5 Å². The zero-order chi connectivity index (χ0) is 28.5. The van der Waals surface area contributed by atoms with Gasteiger partial charge in [-0.2, -0.15) is 0 Å². The molecule has 4 rings (SSSR count). The molecule has 3 aromatic carbocycles. The highest BCUT2D eigenvalue weighted by atomic mass is 32.2. The fraction of sp³-hybridized carbons (Fsp3) is 0.387. The zero-order valence-electron chi connectivity index (χ0n) is 23.8. The molecule has 8 nitrogen and oxygen atoms in total. The first-order chi connectivity index (χ1) is 19.5. The minimum atomic E-state index is -0.405. The number of benzene rings is 3. The number of carbonyl (C=O) groups is 1. The highest BCUT2D eigenvalue weighted by Gasteiger charge is 2.34. The molecule has 9 heteroatoms. The van der Waals surface area contributed by atoms with E-state index in [1.165, 1.54) is 0 Å². The van der Waals surface area contributed by atoms with E-state index in [0.29, 0.717) is 42.0 Å². The number of anilines is 1. The molecule has 0 spiro atoms. The number of unbranched alkanes of at least 4 members (excludes halogenated alkanes) is 1. The molecule has 40 heavy (non-hydrogen) atoms. The number of carbonyl (C=O) groups excluding carboxylic acids is 1. The number of likely N-dealkylation sites (N-methyl/N-ethyl adjacent to an activating group) is 2. The third-order valence-corrected chi connectivity index (χ3v) is 8.11. The zero-order valence-corrected chi connectivity index (χ0v) is 24.7. The highest BCUT2D eigenvalue weighted by Crippen LogP contribution is 2.48. The second kappa shape index (κ2) is 14.2. The lowest BCUT2D eigenvalue weighted by Gasteiger charge is -2.32. The van der Waals surface area contributed by atoms with Crippen LogP contribution in [0.2, 0.25) is 0 Å². The molecule has 0 fully saturated rings. The van der Waals surface area contributed by atoms with E-state index in [4.69, 9.17) is 23.7 Å². The standard InChI is InChI=1S/C31H38N2O6S/c1-32(18-20-39-29-26(36-4)12-10-13-27(29)37-5)17-8-9-19-38-25-16-15-22(35-3)21-23(25)30-31(34)33(2)24-11-6-7-14-28(24)40-30/h6-7,10-16,21,30H,8-9,17-20H2,1-5H3. The molecule has 1 unspecified atom stereocenters. The number of para-hydroxylation sites is 2. The molecular weight excluding hydrogens is 528 g/mol. The average molecular weight is 567 g/mol. The summed E-state index contributed by atoms with van der Waals surface area (Å²) in [6.07, 6.45) is 1.85. The lowest BCUT2D eigenvalue weighted by atomic mass is 10.1. The summed E-state index contributed by atoms with van der Waals surface area (Å²) in [5, 5.41) is -0.405.